The van der Waals surface area contributed by atoms with E-state index in [1.54, 1.807) is 0 Å². The van der Waals surface area contributed by atoms with Crippen molar-refractivity contribution >= 4 is 0 Å². The summed E-state index contributed by atoms with van der Waals surface area (Å²) < 4.78 is 1.53. The first-order valence-electron chi connectivity index (χ1n) is 5.59. The summed E-state index contributed by atoms with van der Waals surface area (Å²) in [7, 11) is 0. The molecule has 0 aliphatic heterocycles. The molecule has 2 atom stereocenters. The van der Waals surface area contributed by atoms with E-state index in [0.717, 1.165) is 19.3 Å². The highest BCUT2D eigenvalue weighted by Crippen LogP contribution is 2.31. The van der Waals surface area contributed by atoms with Crippen LogP contribution < -0.4 is 11.2 Å². The largest absolute Gasteiger partial charge is 0.396 e. The number of hydrogen-bond donors (Lipinski definition) is 2. The molecule has 16 heavy (non-hydrogen) atoms. The maximum absolute atomic E-state index is 11.4. The first-order chi connectivity index (χ1) is 7.69. The lowest BCUT2D eigenvalue weighted by Crippen LogP contribution is -2.30. The molecule has 1 aliphatic rings. The molecule has 0 spiro atoms. The van der Waals surface area contributed by atoms with Crippen LogP contribution in [-0.4, -0.2) is 21.3 Å². The van der Waals surface area contributed by atoms with Crippen molar-refractivity contribution in [3.63, 3.8) is 0 Å². The van der Waals surface area contributed by atoms with Gasteiger partial charge in [0.1, 0.15) is 0 Å². The second kappa shape index (κ2) is 4.65. The molecule has 1 saturated carbocycles. The number of aromatic nitrogens is 2. The van der Waals surface area contributed by atoms with E-state index in [2.05, 4.69) is 4.98 Å². The van der Waals surface area contributed by atoms with Crippen molar-refractivity contribution < 1.29 is 5.11 Å². The van der Waals surface area contributed by atoms with Gasteiger partial charge in [-0.3, -0.25) is 9.78 Å². The fourth-order valence-corrected chi connectivity index (χ4v) is 2.38. The third-order valence-corrected chi connectivity index (χ3v) is 3.26. The van der Waals surface area contributed by atoms with Crippen LogP contribution in [-0.2, 0) is 6.54 Å². The van der Waals surface area contributed by atoms with Gasteiger partial charge in [-0.1, -0.05) is 0 Å². The third kappa shape index (κ3) is 2.41. The Labute approximate surface area is 92.7 Å². The van der Waals surface area contributed by atoms with Crippen molar-refractivity contribution in [1.29, 1.82) is 0 Å². The lowest BCUT2D eigenvalue weighted by Gasteiger charge is -2.11. The maximum atomic E-state index is 11.4. The summed E-state index contributed by atoms with van der Waals surface area (Å²) in [5.74, 6) is 0.809. The van der Waals surface area contributed by atoms with Crippen molar-refractivity contribution in [1.82, 2.24) is 9.55 Å². The van der Waals surface area contributed by atoms with Gasteiger partial charge in [0.05, 0.1) is 0 Å². The average Bonchev–Trinajstić information content (AvgIpc) is 2.70. The van der Waals surface area contributed by atoms with E-state index in [1.807, 2.05) is 0 Å². The van der Waals surface area contributed by atoms with Gasteiger partial charge >= 0.3 is 5.69 Å². The Morgan fingerprint density at radius 2 is 2.12 bits per heavy atom. The van der Waals surface area contributed by atoms with Crippen molar-refractivity contribution in [2.75, 3.05) is 6.61 Å². The highest BCUT2D eigenvalue weighted by atomic mass is 16.3. The second-order valence-electron chi connectivity index (χ2n) is 4.49. The molecule has 1 aromatic rings. The van der Waals surface area contributed by atoms with Crippen LogP contribution in [0.3, 0.4) is 0 Å². The number of H-pyrrole nitrogens is 1. The van der Waals surface area contributed by atoms with Gasteiger partial charge in [0.2, 0.25) is 0 Å². The third-order valence-electron chi connectivity index (χ3n) is 3.26. The normalized spacial score (nSPS) is 24.8. The van der Waals surface area contributed by atoms with Crippen molar-refractivity contribution in [3.8, 4) is 0 Å². The molecule has 1 heterocycles. The summed E-state index contributed by atoms with van der Waals surface area (Å²) in [6.07, 6.45) is 4.56. The van der Waals surface area contributed by atoms with Crippen LogP contribution in [0.2, 0.25) is 0 Å². The summed E-state index contributed by atoms with van der Waals surface area (Å²) in [4.78, 5) is 24.6. The van der Waals surface area contributed by atoms with Crippen LogP contribution in [0.15, 0.2) is 21.9 Å². The number of hydrogen-bond acceptors (Lipinski definition) is 3. The van der Waals surface area contributed by atoms with Gasteiger partial charge in [0.25, 0.3) is 5.56 Å². The van der Waals surface area contributed by atoms with E-state index in [0.29, 0.717) is 18.4 Å². The van der Waals surface area contributed by atoms with Gasteiger partial charge in [-0.25, -0.2) is 4.79 Å². The number of nitrogens with one attached hydrogen (secondary N) is 1. The minimum absolute atomic E-state index is 0.233. The monoisotopic (exact) mass is 224 g/mol. The molecule has 0 aromatic carbocycles. The maximum Gasteiger partial charge on any atom is 0.328 e. The van der Waals surface area contributed by atoms with Crippen LogP contribution in [0.25, 0.3) is 0 Å². The molecule has 0 amide bonds. The van der Waals surface area contributed by atoms with Gasteiger partial charge in [-0.15, -0.1) is 0 Å². The number of aliphatic hydroxyl groups excluding tert-OH is 1. The molecular weight excluding hydrogens is 208 g/mol. The number of nitrogens with zero attached hydrogens (tertiary/aromatic N) is 1. The smallest absolute Gasteiger partial charge is 0.328 e. The molecular formula is C11H16N2O3. The van der Waals surface area contributed by atoms with Gasteiger partial charge in [-0.05, 0) is 31.1 Å². The SMILES string of the molecule is O=c1ccn(CC2CCC(CO)C2)c(=O)[nH]1. The molecule has 2 N–H and O–H groups in total. The minimum atomic E-state index is -0.360. The number of aliphatic hydroxyl groups is 1. The molecule has 5 heteroatoms. The van der Waals surface area contributed by atoms with E-state index in [4.69, 9.17) is 5.11 Å². The van der Waals surface area contributed by atoms with Gasteiger partial charge in [0, 0.05) is 25.4 Å². The standard InChI is InChI=1S/C11H16N2O3/c14-7-9-2-1-8(5-9)6-13-4-3-10(15)12-11(13)16/h3-4,8-9,14H,1-2,5-7H2,(H,12,15,16). The molecule has 5 nitrogen and oxygen atoms in total. The Bertz CT molecular complexity index is 463. The fraction of sp³-hybridized carbons (Fsp3) is 0.636. The zero-order chi connectivity index (χ0) is 11.5. The van der Waals surface area contributed by atoms with Gasteiger partial charge < -0.3 is 9.67 Å². The van der Waals surface area contributed by atoms with Crippen LogP contribution in [0.4, 0.5) is 0 Å². The van der Waals surface area contributed by atoms with Crippen molar-refractivity contribution in [2.45, 2.75) is 25.8 Å². The first-order valence-corrected chi connectivity index (χ1v) is 5.59. The van der Waals surface area contributed by atoms with E-state index >= 15 is 0 Å². The number of rotatable bonds is 3. The summed E-state index contributed by atoms with van der Waals surface area (Å²) in [6, 6.07) is 1.36. The van der Waals surface area contributed by atoms with Crippen LogP contribution in [0.5, 0.6) is 0 Å². The highest BCUT2D eigenvalue weighted by molar-refractivity contribution is 4.84. The van der Waals surface area contributed by atoms with Crippen LogP contribution >= 0.6 is 0 Å². The van der Waals surface area contributed by atoms with Gasteiger partial charge in [0.15, 0.2) is 0 Å². The molecule has 1 fully saturated rings. The Balaban J connectivity index is 2.05. The molecule has 1 aliphatic carbocycles. The average molecular weight is 224 g/mol. The Morgan fingerprint density at radius 3 is 2.75 bits per heavy atom. The zero-order valence-corrected chi connectivity index (χ0v) is 9.06. The fourth-order valence-electron chi connectivity index (χ4n) is 2.38. The number of aromatic amines is 1. The van der Waals surface area contributed by atoms with Crippen molar-refractivity contribution in [3.05, 3.63) is 33.1 Å². The molecule has 1 aromatic heterocycles. The van der Waals surface area contributed by atoms with Crippen LogP contribution in [0.1, 0.15) is 19.3 Å². The lowest BCUT2D eigenvalue weighted by atomic mass is 10.1. The summed E-state index contributed by atoms with van der Waals surface area (Å²) >= 11 is 0. The predicted molar refractivity (Wildman–Crippen MR) is 59.2 cm³/mol. The molecule has 88 valence electrons. The van der Waals surface area contributed by atoms with E-state index in [1.165, 1.54) is 16.8 Å². The van der Waals surface area contributed by atoms with Crippen LogP contribution in [0, 0.1) is 11.8 Å². The minimum Gasteiger partial charge on any atom is -0.396 e. The molecule has 0 bridgehead atoms. The van der Waals surface area contributed by atoms with Crippen molar-refractivity contribution in [2.24, 2.45) is 11.8 Å². The van der Waals surface area contributed by atoms with E-state index in [9.17, 15) is 9.59 Å². The van der Waals surface area contributed by atoms with E-state index < -0.39 is 0 Å². The summed E-state index contributed by atoms with van der Waals surface area (Å²) in [6.45, 7) is 0.864. The lowest BCUT2D eigenvalue weighted by molar-refractivity contribution is 0.224. The molecule has 2 unspecified atom stereocenters. The second-order valence-corrected chi connectivity index (χ2v) is 4.49. The summed E-state index contributed by atoms with van der Waals surface area (Å²) in [5, 5.41) is 9.02. The predicted octanol–water partition coefficient (Wildman–Crippen LogP) is -0.0548. The summed E-state index contributed by atoms with van der Waals surface area (Å²) in [5.41, 5.74) is -0.708. The van der Waals surface area contributed by atoms with E-state index in [-0.39, 0.29) is 17.9 Å². The zero-order valence-electron chi connectivity index (χ0n) is 9.06. The Morgan fingerprint density at radius 1 is 1.38 bits per heavy atom. The quantitative estimate of drug-likeness (QED) is 0.755. The molecule has 0 saturated heterocycles. The Hall–Kier alpha value is -1.36. The topological polar surface area (TPSA) is 75.1 Å². The molecule has 2 rings (SSSR count). The highest BCUT2D eigenvalue weighted by Gasteiger charge is 2.24. The van der Waals surface area contributed by atoms with Gasteiger partial charge in [-0.2, -0.15) is 0 Å². The Kier molecular flexibility index (Phi) is 3.24. The molecule has 0 radical (unpaired) electrons. The first kappa shape index (κ1) is 11.1.